The number of nitrogens with one attached hydrogen (secondary N) is 3. The molecule has 8 nitrogen and oxygen atoms in total. The Morgan fingerprint density at radius 3 is 2.67 bits per heavy atom. The second-order valence-electron chi connectivity index (χ2n) is 7.81. The summed E-state index contributed by atoms with van der Waals surface area (Å²) in [5, 5.41) is 18.9. The summed E-state index contributed by atoms with van der Waals surface area (Å²) in [5.41, 5.74) is 5.37. The Bertz CT molecular complexity index is 564. The van der Waals surface area contributed by atoms with Crippen LogP contribution < -0.4 is 21.7 Å². The minimum atomic E-state index is -1.59. The van der Waals surface area contributed by atoms with Crippen LogP contribution in [0.4, 0.5) is 0 Å². The predicted octanol–water partition coefficient (Wildman–Crippen LogP) is -1.71. The van der Waals surface area contributed by atoms with Crippen molar-refractivity contribution in [3.63, 3.8) is 0 Å². The molecule has 3 amide bonds. The highest BCUT2D eigenvalue weighted by Crippen LogP contribution is 2.61. The third-order valence-corrected chi connectivity index (χ3v) is 6.06. The van der Waals surface area contributed by atoms with Crippen LogP contribution in [0.2, 0.25) is 0 Å². The first-order chi connectivity index (χ1) is 11.2. The molecule has 0 spiro atoms. The Morgan fingerprint density at radius 2 is 2.17 bits per heavy atom. The van der Waals surface area contributed by atoms with Gasteiger partial charge in [-0.25, -0.2) is 0 Å². The lowest BCUT2D eigenvalue weighted by Gasteiger charge is -2.26. The molecule has 3 fully saturated rings. The van der Waals surface area contributed by atoms with Crippen LogP contribution in [0.25, 0.3) is 0 Å². The molecule has 24 heavy (non-hydrogen) atoms. The van der Waals surface area contributed by atoms with Gasteiger partial charge in [-0.15, -0.1) is 0 Å². The van der Waals surface area contributed by atoms with Gasteiger partial charge in [-0.1, -0.05) is 13.8 Å². The number of hydrogen-bond acceptors (Lipinski definition) is 5. The van der Waals surface area contributed by atoms with Crippen LogP contribution in [-0.4, -0.2) is 48.2 Å². The molecular formula is C16H26N4O4. The summed E-state index contributed by atoms with van der Waals surface area (Å²) in [6.45, 7) is 5.73. The molecule has 0 aromatic rings. The largest absolute Gasteiger partial charge is 0.382 e. The maximum atomic E-state index is 12.7. The average molecular weight is 338 g/mol. The summed E-state index contributed by atoms with van der Waals surface area (Å²) < 4.78 is 0. The van der Waals surface area contributed by atoms with E-state index in [1.165, 1.54) is 0 Å². The smallest absolute Gasteiger partial charge is 0.247 e. The van der Waals surface area contributed by atoms with E-state index in [9.17, 15) is 19.5 Å². The van der Waals surface area contributed by atoms with Crippen molar-refractivity contribution in [2.45, 2.75) is 39.0 Å². The van der Waals surface area contributed by atoms with Crippen molar-refractivity contribution >= 4 is 17.7 Å². The van der Waals surface area contributed by atoms with Crippen molar-refractivity contribution in [2.24, 2.45) is 34.8 Å². The van der Waals surface area contributed by atoms with Gasteiger partial charge in [0.25, 0.3) is 0 Å². The Hall–Kier alpha value is -1.67. The Kier molecular flexibility index (Phi) is 4.29. The minimum absolute atomic E-state index is 0.117. The first kappa shape index (κ1) is 17.2. The van der Waals surface area contributed by atoms with Gasteiger partial charge in [0.1, 0.15) is 6.10 Å². The van der Waals surface area contributed by atoms with Gasteiger partial charge in [-0.05, 0) is 24.2 Å². The molecular weight excluding hydrogens is 312 g/mol. The summed E-state index contributed by atoms with van der Waals surface area (Å²) in [5.74, 6) is -2.03. The predicted molar refractivity (Wildman–Crippen MR) is 85.1 cm³/mol. The highest BCUT2D eigenvalue weighted by atomic mass is 16.3. The van der Waals surface area contributed by atoms with E-state index in [-0.39, 0.29) is 29.8 Å². The normalized spacial score (nSPS) is 35.7. The molecule has 3 rings (SSSR count). The molecule has 8 heteroatoms. The maximum absolute atomic E-state index is 12.7. The number of hydrogen-bond donors (Lipinski definition) is 5. The first-order valence-electron chi connectivity index (χ1n) is 8.52. The van der Waals surface area contributed by atoms with Gasteiger partial charge in [0.2, 0.25) is 17.7 Å². The fourth-order valence-corrected chi connectivity index (χ4v) is 4.37. The molecule has 2 saturated heterocycles. The summed E-state index contributed by atoms with van der Waals surface area (Å²) in [6, 6.07) is 0. The number of carbonyl (C=O) groups excluding carboxylic acids is 3. The number of aliphatic hydroxyl groups excluding tert-OH is 1. The highest BCUT2D eigenvalue weighted by molar-refractivity contribution is 5.89. The number of fused-ring (bicyclic) bond motifs is 1. The number of piperidine rings is 1. The second-order valence-corrected chi connectivity index (χ2v) is 7.81. The Labute approximate surface area is 140 Å². The molecule has 0 aromatic carbocycles. The number of carbonyl (C=O) groups is 3. The Morgan fingerprint density at radius 1 is 1.46 bits per heavy atom. The van der Waals surface area contributed by atoms with Gasteiger partial charge in [0.15, 0.2) is 0 Å². The van der Waals surface area contributed by atoms with Crippen molar-refractivity contribution < 1.29 is 19.5 Å². The highest BCUT2D eigenvalue weighted by Gasteiger charge is 2.64. The second kappa shape index (κ2) is 6.00. The zero-order valence-corrected chi connectivity index (χ0v) is 14.0. The average Bonchev–Trinajstić information content (AvgIpc) is 2.89. The molecule has 1 aliphatic carbocycles. The van der Waals surface area contributed by atoms with E-state index in [0.29, 0.717) is 24.8 Å². The molecule has 6 N–H and O–H groups in total. The molecule has 1 unspecified atom stereocenters. The van der Waals surface area contributed by atoms with Gasteiger partial charge in [-0.2, -0.15) is 0 Å². The van der Waals surface area contributed by atoms with Gasteiger partial charge in [0, 0.05) is 24.9 Å². The molecule has 1 saturated carbocycles. The lowest BCUT2D eigenvalue weighted by Crippen LogP contribution is -2.52. The van der Waals surface area contributed by atoms with Crippen molar-refractivity contribution in [1.82, 2.24) is 16.0 Å². The number of amides is 3. The monoisotopic (exact) mass is 338 g/mol. The third-order valence-electron chi connectivity index (χ3n) is 6.06. The summed E-state index contributed by atoms with van der Waals surface area (Å²) in [4.78, 5) is 35.8. The molecule has 3 aliphatic rings. The minimum Gasteiger partial charge on any atom is -0.382 e. The van der Waals surface area contributed by atoms with Crippen LogP contribution in [-0.2, 0) is 14.4 Å². The molecule has 0 radical (unpaired) electrons. The summed E-state index contributed by atoms with van der Waals surface area (Å²) in [6.07, 6.45) is -1.06. The van der Waals surface area contributed by atoms with E-state index >= 15 is 0 Å². The lowest BCUT2D eigenvalue weighted by molar-refractivity contribution is -0.140. The number of rotatable bonds is 6. The van der Waals surface area contributed by atoms with Gasteiger partial charge >= 0.3 is 0 Å². The van der Waals surface area contributed by atoms with Crippen LogP contribution >= 0.6 is 0 Å². The van der Waals surface area contributed by atoms with Crippen molar-refractivity contribution in [3.8, 4) is 0 Å². The zero-order valence-electron chi connectivity index (χ0n) is 14.0. The number of aliphatic hydroxyl groups is 1. The van der Waals surface area contributed by atoms with Crippen LogP contribution in [0.3, 0.4) is 0 Å². The Balaban J connectivity index is 1.67. The van der Waals surface area contributed by atoms with Crippen LogP contribution in [0.5, 0.6) is 0 Å². The fraction of sp³-hybridized carbons (Fsp3) is 0.812. The number of nitrogens with two attached hydrogens (primary N) is 1. The van der Waals surface area contributed by atoms with Gasteiger partial charge in [0.05, 0.1) is 12.1 Å². The van der Waals surface area contributed by atoms with Gasteiger partial charge in [-0.3, -0.25) is 19.7 Å². The third kappa shape index (κ3) is 2.88. The molecule has 0 bridgehead atoms. The van der Waals surface area contributed by atoms with Crippen LogP contribution in [0.1, 0.15) is 26.7 Å². The van der Waals surface area contributed by atoms with Gasteiger partial charge < -0.3 is 21.5 Å². The van der Waals surface area contributed by atoms with Crippen molar-refractivity contribution in [1.29, 1.82) is 0 Å². The van der Waals surface area contributed by atoms with E-state index in [4.69, 9.17) is 5.73 Å². The van der Waals surface area contributed by atoms with Crippen LogP contribution in [0, 0.1) is 29.1 Å². The van der Waals surface area contributed by atoms with E-state index in [2.05, 4.69) is 29.8 Å². The fourth-order valence-electron chi connectivity index (χ4n) is 4.37. The SMILES string of the molecule is CC1(C)[C@@H]2[C@H](NC(=O)[C@@H](C[C@H]3CCNC3=O)C(O)C(N)=O)NC[C@@H]21. The number of primary amides is 1. The molecule has 2 aliphatic heterocycles. The first-order valence-corrected chi connectivity index (χ1v) is 8.52. The molecule has 6 atom stereocenters. The van der Waals surface area contributed by atoms with E-state index in [1.54, 1.807) is 0 Å². The molecule has 134 valence electrons. The summed E-state index contributed by atoms with van der Waals surface area (Å²) >= 11 is 0. The lowest BCUT2D eigenvalue weighted by atomic mass is 9.88. The maximum Gasteiger partial charge on any atom is 0.247 e. The molecule has 2 heterocycles. The van der Waals surface area contributed by atoms with Crippen LogP contribution in [0.15, 0.2) is 0 Å². The van der Waals surface area contributed by atoms with Crippen molar-refractivity contribution in [3.05, 3.63) is 0 Å². The van der Waals surface area contributed by atoms with Crippen molar-refractivity contribution in [2.75, 3.05) is 13.1 Å². The van der Waals surface area contributed by atoms with E-state index in [0.717, 1.165) is 6.54 Å². The zero-order chi connectivity index (χ0) is 17.6. The van der Waals surface area contributed by atoms with E-state index < -0.39 is 23.8 Å². The molecule has 0 aromatic heterocycles. The van der Waals surface area contributed by atoms with E-state index in [1.807, 2.05) is 0 Å². The quantitative estimate of drug-likeness (QED) is 0.393. The summed E-state index contributed by atoms with van der Waals surface area (Å²) in [7, 11) is 0. The topological polar surface area (TPSA) is 134 Å². The standard InChI is InChI=1S/C16H26N4O4/c1-16(2)9-6-19-13(10(9)16)20-15(24)8(11(21)12(17)22)5-7-3-4-18-14(7)23/h7-11,13,19,21H,3-6H2,1-2H3,(H2,17,22)(H,18,23)(H,20,24)/t7-,8+,9+,10+,11?,13+/m1/s1.